The van der Waals surface area contributed by atoms with Crippen molar-refractivity contribution in [1.82, 2.24) is 24.8 Å². The van der Waals surface area contributed by atoms with E-state index >= 15 is 0 Å². The van der Waals surface area contributed by atoms with Gasteiger partial charge in [0.05, 0.1) is 11.4 Å². The number of amidine groups is 1. The summed E-state index contributed by atoms with van der Waals surface area (Å²) in [6, 6.07) is 3.29. The van der Waals surface area contributed by atoms with Gasteiger partial charge in [-0.15, -0.1) is 15.3 Å². The van der Waals surface area contributed by atoms with Gasteiger partial charge in [0.1, 0.15) is 20.2 Å². The summed E-state index contributed by atoms with van der Waals surface area (Å²) < 4.78 is 4.03. The molecule has 0 bridgehead atoms. The SMILES string of the molecule is Cc1nnsc1C(=Nc1cc(Cl)nc(Cl)c1)N(C)c1nnc(C(C)(C)C)s1. The van der Waals surface area contributed by atoms with Crippen LogP contribution >= 0.6 is 46.1 Å². The van der Waals surface area contributed by atoms with E-state index in [2.05, 4.69) is 45.5 Å². The van der Waals surface area contributed by atoms with Crippen LogP contribution < -0.4 is 4.90 Å². The maximum absolute atomic E-state index is 6.02. The van der Waals surface area contributed by atoms with Gasteiger partial charge in [-0.2, -0.15) is 0 Å². The highest BCUT2D eigenvalue weighted by molar-refractivity contribution is 7.15. The van der Waals surface area contributed by atoms with E-state index in [0.29, 0.717) is 11.5 Å². The molecule has 3 rings (SSSR count). The minimum atomic E-state index is -0.0812. The fraction of sp³-hybridized carbons (Fsp3) is 0.375. The third-order valence-corrected chi connectivity index (χ3v) is 6.13. The molecule has 11 heteroatoms. The molecule has 27 heavy (non-hydrogen) atoms. The first-order valence-corrected chi connectivity index (χ1v) is 10.3. The van der Waals surface area contributed by atoms with Gasteiger partial charge < -0.3 is 4.90 Å². The molecule has 0 aliphatic heterocycles. The molecule has 3 aromatic heterocycles. The summed E-state index contributed by atoms with van der Waals surface area (Å²) >= 11 is 14.8. The second-order valence-corrected chi connectivity index (χ2v) is 9.28. The Hall–Kier alpha value is -1.68. The summed E-state index contributed by atoms with van der Waals surface area (Å²) in [6.07, 6.45) is 0. The van der Waals surface area contributed by atoms with E-state index in [-0.39, 0.29) is 15.7 Å². The van der Waals surface area contributed by atoms with Crippen LogP contribution in [0.5, 0.6) is 0 Å². The summed E-state index contributed by atoms with van der Waals surface area (Å²) in [7, 11) is 1.88. The van der Waals surface area contributed by atoms with Gasteiger partial charge in [0.15, 0.2) is 5.84 Å². The molecule has 0 N–H and O–H groups in total. The highest BCUT2D eigenvalue weighted by atomic mass is 35.5. The summed E-state index contributed by atoms with van der Waals surface area (Å²) in [4.78, 5) is 11.4. The van der Waals surface area contributed by atoms with Crippen LogP contribution in [0.3, 0.4) is 0 Å². The van der Waals surface area contributed by atoms with Gasteiger partial charge in [0.2, 0.25) is 5.13 Å². The number of halogens is 2. The van der Waals surface area contributed by atoms with Crippen molar-refractivity contribution in [3.05, 3.63) is 38.0 Å². The molecule has 0 atom stereocenters. The van der Waals surface area contributed by atoms with Crippen LogP contribution in [-0.4, -0.2) is 37.7 Å². The van der Waals surface area contributed by atoms with Crippen molar-refractivity contribution in [3.63, 3.8) is 0 Å². The Morgan fingerprint density at radius 1 is 1.11 bits per heavy atom. The third kappa shape index (κ3) is 4.60. The van der Waals surface area contributed by atoms with Crippen LogP contribution in [0.15, 0.2) is 17.1 Å². The summed E-state index contributed by atoms with van der Waals surface area (Å²) in [5.41, 5.74) is 1.27. The predicted molar refractivity (Wildman–Crippen MR) is 112 cm³/mol. The Balaban J connectivity index is 2.09. The predicted octanol–water partition coefficient (Wildman–Crippen LogP) is 4.91. The van der Waals surface area contributed by atoms with E-state index in [9.17, 15) is 0 Å². The van der Waals surface area contributed by atoms with E-state index in [1.54, 1.807) is 12.1 Å². The van der Waals surface area contributed by atoms with Crippen LogP contribution in [0.4, 0.5) is 10.8 Å². The molecule has 0 aliphatic rings. The maximum atomic E-state index is 6.02. The zero-order valence-electron chi connectivity index (χ0n) is 15.4. The number of aliphatic imine (C=N–C) groups is 1. The van der Waals surface area contributed by atoms with Gasteiger partial charge in [0, 0.05) is 24.6 Å². The number of hydrogen-bond donors (Lipinski definition) is 0. The molecule has 142 valence electrons. The Morgan fingerprint density at radius 2 is 1.78 bits per heavy atom. The summed E-state index contributed by atoms with van der Waals surface area (Å²) in [5.74, 6) is 0.637. The minimum Gasteiger partial charge on any atom is -0.303 e. The average molecular weight is 442 g/mol. The van der Waals surface area contributed by atoms with Gasteiger partial charge >= 0.3 is 0 Å². The second kappa shape index (κ2) is 7.75. The van der Waals surface area contributed by atoms with E-state index in [0.717, 1.165) is 20.7 Å². The Bertz CT molecular complexity index is 971. The monoisotopic (exact) mass is 441 g/mol. The fourth-order valence-corrected chi connectivity index (χ4v) is 4.10. The molecule has 0 aromatic carbocycles. The lowest BCUT2D eigenvalue weighted by Gasteiger charge is -2.17. The van der Waals surface area contributed by atoms with E-state index in [1.165, 1.54) is 22.9 Å². The fourth-order valence-electron chi connectivity index (χ4n) is 2.10. The first-order valence-electron chi connectivity index (χ1n) is 7.94. The van der Waals surface area contributed by atoms with Crippen molar-refractivity contribution in [1.29, 1.82) is 0 Å². The van der Waals surface area contributed by atoms with Crippen LogP contribution in [0.1, 0.15) is 36.3 Å². The molecule has 0 radical (unpaired) electrons. The lowest BCUT2D eigenvalue weighted by molar-refractivity contribution is 0.578. The Morgan fingerprint density at radius 3 is 2.30 bits per heavy atom. The topological polar surface area (TPSA) is 80.0 Å². The van der Waals surface area contributed by atoms with Crippen molar-refractivity contribution in [2.24, 2.45) is 4.99 Å². The number of anilines is 1. The van der Waals surface area contributed by atoms with Crippen molar-refractivity contribution >= 4 is 62.7 Å². The summed E-state index contributed by atoms with van der Waals surface area (Å²) in [5, 5.41) is 15.0. The molecule has 3 aromatic rings. The molecular weight excluding hydrogens is 425 g/mol. The Labute approximate surface area is 175 Å². The van der Waals surface area contributed by atoms with Crippen LogP contribution in [0.25, 0.3) is 0 Å². The van der Waals surface area contributed by atoms with E-state index in [4.69, 9.17) is 28.2 Å². The largest absolute Gasteiger partial charge is 0.303 e. The molecule has 0 amide bonds. The molecule has 0 saturated carbocycles. The van der Waals surface area contributed by atoms with Crippen molar-refractivity contribution in [2.75, 3.05) is 11.9 Å². The molecule has 0 spiro atoms. The molecular formula is C16H17Cl2N7S2. The number of aryl methyl sites for hydroxylation is 1. The zero-order valence-corrected chi connectivity index (χ0v) is 18.5. The number of aromatic nitrogens is 5. The van der Waals surface area contributed by atoms with E-state index in [1.807, 2.05) is 18.9 Å². The van der Waals surface area contributed by atoms with Gasteiger partial charge in [-0.3, -0.25) is 0 Å². The molecule has 0 unspecified atom stereocenters. The smallest absolute Gasteiger partial charge is 0.213 e. The average Bonchev–Trinajstić information content (AvgIpc) is 3.20. The number of nitrogens with zero attached hydrogens (tertiary/aromatic N) is 7. The lowest BCUT2D eigenvalue weighted by Crippen LogP contribution is -2.27. The minimum absolute atomic E-state index is 0.0812. The van der Waals surface area contributed by atoms with Crippen molar-refractivity contribution in [3.8, 4) is 0 Å². The van der Waals surface area contributed by atoms with Crippen LogP contribution in [0, 0.1) is 6.92 Å². The highest BCUT2D eigenvalue weighted by Crippen LogP contribution is 2.31. The van der Waals surface area contributed by atoms with Gasteiger partial charge in [-0.05, 0) is 18.5 Å². The van der Waals surface area contributed by atoms with Gasteiger partial charge in [0.25, 0.3) is 0 Å². The molecule has 7 nitrogen and oxygen atoms in total. The molecule has 3 heterocycles. The summed E-state index contributed by atoms with van der Waals surface area (Å²) in [6.45, 7) is 8.19. The van der Waals surface area contributed by atoms with Gasteiger partial charge in [-0.1, -0.05) is 59.8 Å². The first kappa shape index (κ1) is 20.1. The number of hydrogen-bond acceptors (Lipinski definition) is 8. The first-order chi connectivity index (χ1) is 12.6. The Kier molecular flexibility index (Phi) is 5.76. The van der Waals surface area contributed by atoms with Crippen molar-refractivity contribution < 1.29 is 0 Å². The highest BCUT2D eigenvalue weighted by Gasteiger charge is 2.24. The molecule has 0 aliphatic carbocycles. The maximum Gasteiger partial charge on any atom is 0.213 e. The van der Waals surface area contributed by atoms with Gasteiger partial charge in [-0.25, -0.2) is 9.98 Å². The van der Waals surface area contributed by atoms with E-state index < -0.39 is 0 Å². The molecule has 0 fully saturated rings. The number of pyridine rings is 1. The lowest BCUT2D eigenvalue weighted by atomic mass is 9.98. The number of rotatable bonds is 3. The third-order valence-electron chi connectivity index (χ3n) is 3.50. The van der Waals surface area contributed by atoms with Crippen LogP contribution in [0.2, 0.25) is 10.3 Å². The standard InChI is InChI=1S/C16H17Cl2N7S2/c1-8-12(27-24-21-8)13(19-9-6-10(17)20-11(18)7-9)25(5)15-23-22-14(26-15)16(2,3)4/h6-7H,1-5H3. The normalized spacial score (nSPS) is 12.5. The molecule has 0 saturated heterocycles. The van der Waals surface area contributed by atoms with Crippen LogP contribution in [-0.2, 0) is 5.41 Å². The second-order valence-electron chi connectivity index (χ2n) is 6.79. The zero-order chi connectivity index (χ0) is 19.8. The quantitative estimate of drug-likeness (QED) is 0.326. The van der Waals surface area contributed by atoms with Crippen molar-refractivity contribution in [2.45, 2.75) is 33.1 Å².